The first kappa shape index (κ1) is 19.0. The van der Waals surface area contributed by atoms with E-state index in [0.717, 1.165) is 11.8 Å². The molecule has 0 saturated heterocycles. The van der Waals surface area contributed by atoms with E-state index in [2.05, 4.69) is 15.3 Å². The lowest BCUT2D eigenvalue weighted by molar-refractivity contribution is -0.113. The molecule has 2 rings (SSSR count). The summed E-state index contributed by atoms with van der Waals surface area (Å²) in [6.45, 7) is 3.45. The Morgan fingerprint density at radius 3 is 2.64 bits per heavy atom. The van der Waals surface area contributed by atoms with Crippen LogP contribution < -0.4 is 11.0 Å². The maximum Gasteiger partial charge on any atom is 0.346 e. The fourth-order valence-corrected chi connectivity index (χ4v) is 2.97. The first-order valence-electron chi connectivity index (χ1n) is 7.37. The quantitative estimate of drug-likeness (QED) is 0.453. The van der Waals surface area contributed by atoms with Crippen molar-refractivity contribution in [2.24, 2.45) is 0 Å². The Hall–Kier alpha value is -2.32. The molecule has 0 aliphatic carbocycles. The Morgan fingerprint density at radius 1 is 1.32 bits per heavy atom. The molecule has 0 fully saturated rings. The van der Waals surface area contributed by atoms with Crippen LogP contribution in [0.5, 0.6) is 0 Å². The maximum atomic E-state index is 12.1. The number of nitrogens with zero attached hydrogens (tertiary/aromatic N) is 1. The lowest BCUT2D eigenvalue weighted by atomic mass is 10.2. The van der Waals surface area contributed by atoms with Crippen molar-refractivity contribution in [3.63, 3.8) is 0 Å². The minimum Gasteiger partial charge on any atom is -0.462 e. The van der Waals surface area contributed by atoms with Crippen LogP contribution in [-0.4, -0.2) is 34.2 Å². The van der Waals surface area contributed by atoms with Gasteiger partial charge in [-0.1, -0.05) is 23.4 Å². The van der Waals surface area contributed by atoms with E-state index in [1.807, 2.05) is 0 Å². The maximum absolute atomic E-state index is 12.1. The minimum absolute atomic E-state index is 0.0229. The molecule has 0 radical (unpaired) electrons. The second-order valence-corrected chi connectivity index (χ2v) is 6.31. The molecule has 7 nitrogen and oxygen atoms in total. The number of hydrogen-bond donors (Lipinski definition) is 2. The van der Waals surface area contributed by atoms with E-state index in [4.69, 9.17) is 16.3 Å². The second-order valence-electron chi connectivity index (χ2n) is 4.91. The molecule has 0 saturated carbocycles. The minimum atomic E-state index is -0.593. The van der Waals surface area contributed by atoms with Crippen molar-refractivity contribution in [1.29, 1.82) is 0 Å². The number of halogens is 1. The normalized spacial score (nSPS) is 10.4. The van der Waals surface area contributed by atoms with Gasteiger partial charge >= 0.3 is 11.7 Å². The zero-order chi connectivity index (χ0) is 18.4. The molecular weight excluding hydrogens is 366 g/mol. The van der Waals surface area contributed by atoms with Gasteiger partial charge in [-0.2, -0.15) is 4.98 Å². The highest BCUT2D eigenvalue weighted by atomic mass is 35.5. The average Bonchev–Trinajstić information content (AvgIpc) is 2.54. The molecule has 1 aromatic carbocycles. The van der Waals surface area contributed by atoms with E-state index >= 15 is 0 Å². The zero-order valence-corrected chi connectivity index (χ0v) is 15.2. The lowest BCUT2D eigenvalue weighted by Gasteiger charge is -2.10. The predicted octanol–water partition coefficient (Wildman–Crippen LogP) is 2.64. The van der Waals surface area contributed by atoms with Gasteiger partial charge in [0.2, 0.25) is 5.91 Å². The third kappa shape index (κ3) is 5.33. The van der Waals surface area contributed by atoms with Crippen molar-refractivity contribution in [3.05, 3.63) is 51.0 Å². The molecule has 9 heteroatoms. The summed E-state index contributed by atoms with van der Waals surface area (Å²) >= 11 is 6.78. The largest absolute Gasteiger partial charge is 0.462 e. The standard InChI is InChI=1S/C16H16ClN3O4S/c1-3-24-15(22)13-9(2)18-16(23)20-14(13)25-8-12(21)19-11-6-4-10(17)5-7-11/h4-7H,3,8H2,1-2H3,(H,19,21)(H,18,20,23). The van der Waals surface area contributed by atoms with Crippen LogP contribution in [0, 0.1) is 6.92 Å². The fraction of sp³-hybridized carbons (Fsp3) is 0.250. The Kier molecular flexibility index (Phi) is 6.60. The summed E-state index contributed by atoms with van der Waals surface area (Å²) in [6.07, 6.45) is 0. The molecule has 0 bridgehead atoms. The molecule has 0 aliphatic heterocycles. The topological polar surface area (TPSA) is 101 Å². The van der Waals surface area contributed by atoms with Crippen molar-refractivity contribution in [2.75, 3.05) is 17.7 Å². The van der Waals surface area contributed by atoms with E-state index in [0.29, 0.717) is 16.4 Å². The number of rotatable bonds is 6. The fourth-order valence-electron chi connectivity index (χ4n) is 1.97. The van der Waals surface area contributed by atoms with Gasteiger partial charge in [-0.05, 0) is 38.1 Å². The Balaban J connectivity index is 2.11. The molecule has 0 atom stereocenters. The smallest absolute Gasteiger partial charge is 0.346 e. The summed E-state index contributed by atoms with van der Waals surface area (Å²) in [5.74, 6) is -0.920. The van der Waals surface area contributed by atoms with Gasteiger partial charge < -0.3 is 15.0 Å². The molecule has 0 spiro atoms. The summed E-state index contributed by atoms with van der Waals surface area (Å²) < 4.78 is 4.98. The lowest BCUT2D eigenvalue weighted by Crippen LogP contribution is -2.21. The van der Waals surface area contributed by atoms with Crippen molar-refractivity contribution < 1.29 is 14.3 Å². The van der Waals surface area contributed by atoms with Gasteiger partial charge in [0.15, 0.2) is 0 Å². The number of nitrogens with one attached hydrogen (secondary N) is 2. The van der Waals surface area contributed by atoms with E-state index in [1.54, 1.807) is 38.1 Å². The van der Waals surface area contributed by atoms with Gasteiger partial charge in [-0.3, -0.25) is 4.79 Å². The van der Waals surface area contributed by atoms with E-state index in [-0.39, 0.29) is 28.9 Å². The van der Waals surface area contributed by atoms with Crippen molar-refractivity contribution >= 4 is 40.9 Å². The monoisotopic (exact) mass is 381 g/mol. The van der Waals surface area contributed by atoms with Crippen LogP contribution in [0.25, 0.3) is 0 Å². The van der Waals surface area contributed by atoms with Crippen LogP contribution in [0.2, 0.25) is 5.02 Å². The van der Waals surface area contributed by atoms with Crippen LogP contribution in [0.15, 0.2) is 34.1 Å². The Bertz CT molecular complexity index is 836. The summed E-state index contributed by atoms with van der Waals surface area (Å²) in [7, 11) is 0. The number of carbonyl (C=O) groups is 2. The van der Waals surface area contributed by atoms with Crippen LogP contribution in [-0.2, 0) is 9.53 Å². The van der Waals surface area contributed by atoms with Gasteiger partial charge in [-0.15, -0.1) is 0 Å². The highest BCUT2D eigenvalue weighted by Gasteiger charge is 2.20. The molecule has 25 heavy (non-hydrogen) atoms. The van der Waals surface area contributed by atoms with Crippen LogP contribution in [0.1, 0.15) is 23.0 Å². The third-order valence-electron chi connectivity index (χ3n) is 3.03. The van der Waals surface area contributed by atoms with Crippen molar-refractivity contribution in [3.8, 4) is 0 Å². The van der Waals surface area contributed by atoms with Gasteiger partial charge in [-0.25, -0.2) is 9.59 Å². The molecular formula is C16H16ClN3O4S. The van der Waals surface area contributed by atoms with E-state index in [9.17, 15) is 14.4 Å². The van der Waals surface area contributed by atoms with Crippen LogP contribution >= 0.6 is 23.4 Å². The molecule has 132 valence electrons. The first-order valence-corrected chi connectivity index (χ1v) is 8.73. The van der Waals surface area contributed by atoms with Gasteiger partial charge in [0.05, 0.1) is 12.4 Å². The number of amides is 1. The number of anilines is 1. The Morgan fingerprint density at radius 2 is 2.00 bits per heavy atom. The van der Waals surface area contributed by atoms with Crippen LogP contribution in [0.3, 0.4) is 0 Å². The molecule has 1 heterocycles. The third-order valence-corrected chi connectivity index (χ3v) is 4.26. The number of H-pyrrole nitrogens is 1. The number of esters is 1. The highest BCUT2D eigenvalue weighted by molar-refractivity contribution is 8.00. The first-order chi connectivity index (χ1) is 11.9. The zero-order valence-electron chi connectivity index (χ0n) is 13.6. The van der Waals surface area contributed by atoms with E-state index < -0.39 is 11.7 Å². The molecule has 1 aromatic heterocycles. The van der Waals surface area contributed by atoms with Crippen LogP contribution in [0.4, 0.5) is 5.69 Å². The molecule has 1 amide bonds. The van der Waals surface area contributed by atoms with Gasteiger partial charge in [0, 0.05) is 16.4 Å². The van der Waals surface area contributed by atoms with E-state index in [1.165, 1.54) is 0 Å². The number of hydrogen-bond acceptors (Lipinski definition) is 6. The number of aryl methyl sites for hydroxylation is 1. The predicted molar refractivity (Wildman–Crippen MR) is 96.4 cm³/mol. The number of aromatic amines is 1. The second kappa shape index (κ2) is 8.68. The SMILES string of the molecule is CCOC(=O)c1c(SCC(=O)Nc2ccc(Cl)cc2)nc(=O)[nH]c1C. The molecule has 2 N–H and O–H groups in total. The van der Waals surface area contributed by atoms with Crippen molar-refractivity contribution in [2.45, 2.75) is 18.9 Å². The number of benzene rings is 1. The summed E-state index contributed by atoms with van der Waals surface area (Å²) in [5.41, 5.74) is 0.506. The molecule has 0 aliphatic rings. The summed E-state index contributed by atoms with van der Waals surface area (Å²) in [6, 6.07) is 6.66. The van der Waals surface area contributed by atoms with Crippen molar-refractivity contribution in [1.82, 2.24) is 9.97 Å². The summed E-state index contributed by atoms with van der Waals surface area (Å²) in [5, 5.41) is 3.42. The molecule has 0 unspecified atom stereocenters. The highest BCUT2D eigenvalue weighted by Crippen LogP contribution is 2.22. The number of thioether (sulfide) groups is 1. The number of ether oxygens (including phenoxy) is 1. The summed E-state index contributed by atoms with van der Waals surface area (Å²) in [4.78, 5) is 41.9. The van der Waals surface area contributed by atoms with Gasteiger partial charge in [0.25, 0.3) is 0 Å². The average molecular weight is 382 g/mol. The molecule has 2 aromatic rings. The number of carbonyl (C=O) groups excluding carboxylic acids is 2. The van der Waals surface area contributed by atoms with Gasteiger partial charge in [0.1, 0.15) is 10.6 Å². The number of aromatic nitrogens is 2. The Labute approximate surface area is 153 Å².